The van der Waals surface area contributed by atoms with E-state index in [1.54, 1.807) is 26.3 Å². The number of likely N-dealkylation sites (tertiary alicyclic amines) is 1. The summed E-state index contributed by atoms with van der Waals surface area (Å²) in [5.41, 5.74) is 1.05. The molecule has 1 aliphatic rings. The third-order valence-corrected chi connectivity index (χ3v) is 5.08. The van der Waals surface area contributed by atoms with Crippen molar-refractivity contribution in [1.82, 2.24) is 10.2 Å². The first-order valence-electron chi connectivity index (χ1n) is 8.00. The third kappa shape index (κ3) is 5.19. The third-order valence-electron chi connectivity index (χ3n) is 4.15. The Hall–Kier alpha value is -1.64. The molecule has 0 amide bonds. The number of sulfonamides is 1. The van der Waals surface area contributed by atoms with Gasteiger partial charge in [0.15, 0.2) is 5.96 Å². The quantitative estimate of drug-likeness (QED) is 0.570. The van der Waals surface area contributed by atoms with Crippen molar-refractivity contribution in [2.24, 2.45) is 16.0 Å². The molecular formula is C16H26N4O3S. The molecule has 134 valence electrons. The van der Waals surface area contributed by atoms with Gasteiger partial charge in [0.25, 0.3) is 0 Å². The van der Waals surface area contributed by atoms with Crippen molar-refractivity contribution in [2.45, 2.75) is 17.7 Å². The molecule has 0 aliphatic carbocycles. The molecule has 7 nitrogen and oxygen atoms in total. The molecule has 0 bridgehead atoms. The molecule has 1 aliphatic heterocycles. The van der Waals surface area contributed by atoms with Crippen LogP contribution in [-0.2, 0) is 21.2 Å². The Labute approximate surface area is 143 Å². The van der Waals surface area contributed by atoms with Crippen LogP contribution in [0, 0.1) is 5.92 Å². The number of hydrogen-bond acceptors (Lipinski definition) is 4. The van der Waals surface area contributed by atoms with Gasteiger partial charge in [0.1, 0.15) is 0 Å². The first kappa shape index (κ1) is 18.7. The normalized spacial score (nSPS) is 18.9. The van der Waals surface area contributed by atoms with Crippen molar-refractivity contribution < 1.29 is 13.2 Å². The van der Waals surface area contributed by atoms with Gasteiger partial charge < -0.3 is 15.0 Å². The fourth-order valence-electron chi connectivity index (χ4n) is 2.89. The number of methoxy groups -OCH3 is 1. The Morgan fingerprint density at radius 2 is 2.12 bits per heavy atom. The lowest BCUT2D eigenvalue weighted by Crippen LogP contribution is -2.41. The van der Waals surface area contributed by atoms with Crippen LogP contribution in [0.4, 0.5) is 0 Å². The highest BCUT2D eigenvalue weighted by Gasteiger charge is 2.24. The number of guanidine groups is 1. The van der Waals surface area contributed by atoms with E-state index in [1.165, 1.54) is 12.1 Å². The van der Waals surface area contributed by atoms with Gasteiger partial charge in [-0.3, -0.25) is 4.99 Å². The second kappa shape index (κ2) is 8.46. The Balaban J connectivity index is 1.82. The van der Waals surface area contributed by atoms with Gasteiger partial charge >= 0.3 is 0 Å². The highest BCUT2D eigenvalue weighted by molar-refractivity contribution is 7.89. The van der Waals surface area contributed by atoms with Crippen LogP contribution < -0.4 is 10.5 Å². The molecule has 0 spiro atoms. The van der Waals surface area contributed by atoms with Crippen molar-refractivity contribution in [3.8, 4) is 0 Å². The smallest absolute Gasteiger partial charge is 0.238 e. The molecule has 3 N–H and O–H groups in total. The van der Waals surface area contributed by atoms with Gasteiger partial charge in [-0.1, -0.05) is 12.1 Å². The average Bonchev–Trinajstić information content (AvgIpc) is 3.00. The zero-order valence-electron chi connectivity index (χ0n) is 14.2. The number of nitrogens with one attached hydrogen (secondary N) is 1. The van der Waals surface area contributed by atoms with Gasteiger partial charge in [0, 0.05) is 39.7 Å². The van der Waals surface area contributed by atoms with Gasteiger partial charge in [-0.05, 0) is 30.5 Å². The summed E-state index contributed by atoms with van der Waals surface area (Å²) in [6, 6.07) is 6.65. The molecule has 1 aromatic rings. The molecule has 24 heavy (non-hydrogen) atoms. The standard InChI is InChI=1S/C16H26N4O3S/c1-18-16(20-10-8-14(11-20)12-23-2)19-9-7-13-3-5-15(6-4-13)24(17,21)22/h3-6,14H,7-12H2,1-2H3,(H,18,19)(H2,17,21,22). The van der Waals surface area contributed by atoms with Crippen LogP contribution in [0.15, 0.2) is 34.2 Å². The molecule has 0 aromatic heterocycles. The Kier molecular flexibility index (Phi) is 6.59. The van der Waals surface area contributed by atoms with Crippen LogP contribution in [0.3, 0.4) is 0 Å². The van der Waals surface area contributed by atoms with E-state index < -0.39 is 10.0 Å². The fourth-order valence-corrected chi connectivity index (χ4v) is 3.41. The van der Waals surface area contributed by atoms with E-state index in [4.69, 9.17) is 9.88 Å². The van der Waals surface area contributed by atoms with Crippen molar-refractivity contribution in [2.75, 3.05) is 40.4 Å². The highest BCUT2D eigenvalue weighted by Crippen LogP contribution is 2.16. The zero-order valence-corrected chi connectivity index (χ0v) is 15.1. The number of primary sulfonamides is 1. The fraction of sp³-hybridized carbons (Fsp3) is 0.562. The van der Waals surface area contributed by atoms with Crippen LogP contribution in [0.25, 0.3) is 0 Å². The summed E-state index contributed by atoms with van der Waals surface area (Å²) in [6.07, 6.45) is 1.89. The predicted octanol–water partition coefficient (Wildman–Crippen LogP) is 0.420. The molecule has 1 saturated heterocycles. The molecule has 0 radical (unpaired) electrons. The van der Waals surface area contributed by atoms with Gasteiger partial charge in [-0.25, -0.2) is 13.6 Å². The van der Waals surface area contributed by atoms with E-state index in [1.807, 2.05) is 0 Å². The summed E-state index contributed by atoms with van der Waals surface area (Å²) in [6.45, 7) is 3.45. The molecule has 1 aromatic carbocycles. The van der Waals surface area contributed by atoms with Crippen molar-refractivity contribution in [3.05, 3.63) is 29.8 Å². The lowest BCUT2D eigenvalue weighted by Gasteiger charge is -2.21. The monoisotopic (exact) mass is 354 g/mol. The second-order valence-corrected chi connectivity index (χ2v) is 7.53. The van der Waals surface area contributed by atoms with Crippen molar-refractivity contribution in [1.29, 1.82) is 0 Å². The first-order chi connectivity index (χ1) is 11.4. The van der Waals surface area contributed by atoms with Crippen LogP contribution in [0.2, 0.25) is 0 Å². The van der Waals surface area contributed by atoms with E-state index in [0.717, 1.165) is 50.6 Å². The number of aliphatic imine (C=N–C) groups is 1. The van der Waals surface area contributed by atoms with Crippen LogP contribution in [-0.4, -0.2) is 59.7 Å². The topological polar surface area (TPSA) is 97.0 Å². The van der Waals surface area contributed by atoms with E-state index in [-0.39, 0.29) is 4.90 Å². The summed E-state index contributed by atoms with van der Waals surface area (Å²) in [7, 11) is -0.113. The Morgan fingerprint density at radius 3 is 2.71 bits per heavy atom. The molecule has 2 rings (SSSR count). The summed E-state index contributed by atoms with van der Waals surface area (Å²) >= 11 is 0. The summed E-state index contributed by atoms with van der Waals surface area (Å²) < 4.78 is 27.7. The minimum Gasteiger partial charge on any atom is -0.384 e. The maximum Gasteiger partial charge on any atom is 0.238 e. The molecule has 8 heteroatoms. The summed E-state index contributed by atoms with van der Waals surface area (Å²) in [5.74, 6) is 1.45. The van der Waals surface area contributed by atoms with Gasteiger partial charge in [-0.2, -0.15) is 0 Å². The minimum atomic E-state index is -3.63. The largest absolute Gasteiger partial charge is 0.384 e. The zero-order chi connectivity index (χ0) is 17.6. The number of nitrogens with two attached hydrogens (primary N) is 1. The number of nitrogens with zero attached hydrogens (tertiary/aromatic N) is 2. The molecule has 1 atom stereocenters. The van der Waals surface area contributed by atoms with Gasteiger partial charge in [0.05, 0.1) is 11.5 Å². The van der Waals surface area contributed by atoms with E-state index in [2.05, 4.69) is 15.2 Å². The van der Waals surface area contributed by atoms with E-state index in [0.29, 0.717) is 5.92 Å². The lowest BCUT2D eigenvalue weighted by atomic mass is 10.1. The average molecular weight is 354 g/mol. The SMILES string of the molecule is CN=C(NCCc1ccc(S(N)(=O)=O)cc1)N1CCC(COC)C1. The molecule has 1 unspecified atom stereocenters. The van der Waals surface area contributed by atoms with Gasteiger partial charge in [-0.15, -0.1) is 0 Å². The maximum absolute atomic E-state index is 11.2. The van der Waals surface area contributed by atoms with Crippen LogP contribution in [0.1, 0.15) is 12.0 Å². The Morgan fingerprint density at radius 1 is 1.42 bits per heavy atom. The van der Waals surface area contributed by atoms with Gasteiger partial charge in [0.2, 0.25) is 10.0 Å². The number of ether oxygens (including phenoxy) is 1. The molecule has 1 heterocycles. The van der Waals surface area contributed by atoms with Crippen molar-refractivity contribution in [3.63, 3.8) is 0 Å². The number of hydrogen-bond donors (Lipinski definition) is 2. The predicted molar refractivity (Wildman–Crippen MR) is 94.4 cm³/mol. The van der Waals surface area contributed by atoms with E-state index in [9.17, 15) is 8.42 Å². The summed E-state index contributed by atoms with van der Waals surface area (Å²) in [4.78, 5) is 6.72. The molecular weight excluding hydrogens is 328 g/mol. The minimum absolute atomic E-state index is 0.135. The Bertz CT molecular complexity index is 658. The second-order valence-electron chi connectivity index (χ2n) is 5.97. The molecule has 0 saturated carbocycles. The highest BCUT2D eigenvalue weighted by atomic mass is 32.2. The molecule has 1 fully saturated rings. The lowest BCUT2D eigenvalue weighted by molar-refractivity contribution is 0.157. The van der Waals surface area contributed by atoms with Crippen LogP contribution in [0.5, 0.6) is 0 Å². The first-order valence-corrected chi connectivity index (χ1v) is 9.55. The van der Waals surface area contributed by atoms with Crippen LogP contribution >= 0.6 is 0 Å². The summed E-state index contributed by atoms with van der Waals surface area (Å²) in [5, 5.41) is 8.46. The van der Waals surface area contributed by atoms with E-state index >= 15 is 0 Å². The maximum atomic E-state index is 11.2. The number of rotatable bonds is 6. The van der Waals surface area contributed by atoms with Crippen molar-refractivity contribution >= 4 is 16.0 Å². The number of benzene rings is 1.